The normalized spacial score (nSPS) is 14.2. The summed E-state index contributed by atoms with van der Waals surface area (Å²) in [6.07, 6.45) is 4.20. The fourth-order valence-electron chi connectivity index (χ4n) is 4.22. The van der Waals surface area contributed by atoms with Crippen LogP contribution in [-0.4, -0.2) is 59.0 Å². The number of aliphatic imine (C=N–C) groups is 1. The maximum atomic E-state index is 12.6. The molecule has 180 valence electrons. The van der Waals surface area contributed by atoms with Crippen LogP contribution in [0.4, 0.5) is 5.69 Å². The number of benzene rings is 2. The van der Waals surface area contributed by atoms with Gasteiger partial charge in [0, 0.05) is 31.6 Å². The zero-order valence-corrected chi connectivity index (χ0v) is 19.4. The molecule has 0 unspecified atom stereocenters. The molecule has 8 heteroatoms. The number of carbonyl (C=O) groups excluding carboxylic acids is 2. The van der Waals surface area contributed by atoms with Gasteiger partial charge >= 0.3 is 0 Å². The van der Waals surface area contributed by atoms with E-state index in [9.17, 15) is 14.7 Å². The quantitative estimate of drug-likeness (QED) is 0.471. The predicted molar refractivity (Wildman–Crippen MR) is 130 cm³/mol. The van der Waals surface area contributed by atoms with Gasteiger partial charge in [-0.3, -0.25) is 14.9 Å². The predicted octanol–water partition coefficient (Wildman–Crippen LogP) is 2.97. The number of unbranched alkanes of at least 4 members (excludes halogenated alkanes) is 3. The van der Waals surface area contributed by atoms with Crippen molar-refractivity contribution in [2.45, 2.75) is 45.2 Å². The third-order valence-corrected chi connectivity index (χ3v) is 6.02. The van der Waals surface area contributed by atoms with Crippen LogP contribution in [0.5, 0.6) is 5.75 Å². The van der Waals surface area contributed by atoms with Crippen molar-refractivity contribution < 1.29 is 19.4 Å². The third-order valence-electron chi connectivity index (χ3n) is 6.02. The molecule has 0 bridgehead atoms. The Morgan fingerprint density at radius 3 is 2.74 bits per heavy atom. The Morgan fingerprint density at radius 1 is 1.09 bits per heavy atom. The lowest BCUT2D eigenvalue weighted by Crippen LogP contribution is -2.32. The standard InChI is InChI=1S/C26H32N4O4/c31-14-13-29(17-20-8-4-3-5-9-20)25(33)10-6-1-2-7-15-34-22-11-12-23-21(16-22)18-30-19-24(32)28-26(30)27-23/h3-5,8-9,11-12,16,31H,1-2,6-7,10,13-15,17-19H2,(H,27,28,32). The first kappa shape index (κ1) is 23.8. The maximum Gasteiger partial charge on any atom is 0.246 e. The minimum absolute atomic E-state index is 0.0259. The molecule has 0 atom stereocenters. The zero-order valence-electron chi connectivity index (χ0n) is 19.4. The van der Waals surface area contributed by atoms with E-state index in [-0.39, 0.29) is 18.4 Å². The second-order valence-electron chi connectivity index (χ2n) is 8.67. The van der Waals surface area contributed by atoms with Crippen LogP contribution in [0.25, 0.3) is 0 Å². The number of carbonyl (C=O) groups is 2. The number of rotatable bonds is 12. The van der Waals surface area contributed by atoms with Gasteiger partial charge < -0.3 is 19.6 Å². The number of guanidine groups is 1. The van der Waals surface area contributed by atoms with Gasteiger partial charge in [0.1, 0.15) is 12.3 Å². The minimum Gasteiger partial charge on any atom is -0.494 e. The van der Waals surface area contributed by atoms with Gasteiger partial charge in [-0.15, -0.1) is 0 Å². The molecule has 2 aromatic rings. The van der Waals surface area contributed by atoms with E-state index < -0.39 is 0 Å². The van der Waals surface area contributed by atoms with E-state index in [0.717, 1.165) is 48.2 Å². The second-order valence-corrected chi connectivity index (χ2v) is 8.67. The molecule has 2 aromatic carbocycles. The lowest BCUT2D eigenvalue weighted by Gasteiger charge is -2.23. The van der Waals surface area contributed by atoms with Crippen molar-refractivity contribution in [2.75, 3.05) is 26.3 Å². The van der Waals surface area contributed by atoms with Crippen LogP contribution in [0.3, 0.4) is 0 Å². The molecule has 0 saturated carbocycles. The Bertz CT molecular complexity index is 1020. The molecule has 1 saturated heterocycles. The first-order chi connectivity index (χ1) is 16.6. The van der Waals surface area contributed by atoms with Crippen LogP contribution in [0, 0.1) is 0 Å². The van der Waals surface area contributed by atoms with E-state index in [1.807, 2.05) is 53.4 Å². The van der Waals surface area contributed by atoms with Crippen molar-refractivity contribution in [3.05, 3.63) is 59.7 Å². The van der Waals surface area contributed by atoms with Crippen LogP contribution < -0.4 is 10.1 Å². The lowest BCUT2D eigenvalue weighted by molar-refractivity contribution is -0.132. The Labute approximate surface area is 200 Å². The van der Waals surface area contributed by atoms with Gasteiger partial charge in [0.2, 0.25) is 17.8 Å². The molecule has 2 heterocycles. The van der Waals surface area contributed by atoms with Crippen LogP contribution in [0.1, 0.15) is 43.2 Å². The van der Waals surface area contributed by atoms with E-state index in [0.29, 0.717) is 45.2 Å². The molecule has 1 fully saturated rings. The largest absolute Gasteiger partial charge is 0.494 e. The summed E-state index contributed by atoms with van der Waals surface area (Å²) >= 11 is 0. The van der Waals surface area contributed by atoms with Gasteiger partial charge in [0.15, 0.2) is 0 Å². The fraction of sp³-hybridized carbons (Fsp3) is 0.423. The van der Waals surface area contributed by atoms with Crippen molar-refractivity contribution in [3.8, 4) is 5.75 Å². The number of aliphatic hydroxyl groups excluding tert-OH is 1. The molecule has 0 aliphatic carbocycles. The van der Waals surface area contributed by atoms with Crippen molar-refractivity contribution >= 4 is 23.5 Å². The summed E-state index contributed by atoms with van der Waals surface area (Å²) in [6.45, 7) is 2.48. The number of ether oxygens (including phenoxy) is 1. The van der Waals surface area contributed by atoms with Gasteiger partial charge in [-0.05, 0) is 36.6 Å². The molecular formula is C26H32N4O4. The lowest BCUT2D eigenvalue weighted by atomic mass is 10.1. The van der Waals surface area contributed by atoms with Crippen LogP contribution >= 0.6 is 0 Å². The number of aliphatic hydroxyl groups is 1. The molecule has 4 rings (SSSR count). The molecule has 2 aliphatic rings. The number of hydrogen-bond donors (Lipinski definition) is 2. The highest BCUT2D eigenvalue weighted by atomic mass is 16.5. The third kappa shape index (κ3) is 6.35. The average Bonchev–Trinajstić information content (AvgIpc) is 3.20. The molecule has 0 aromatic heterocycles. The number of fused-ring (bicyclic) bond motifs is 2. The summed E-state index contributed by atoms with van der Waals surface area (Å²) in [7, 11) is 0. The molecule has 34 heavy (non-hydrogen) atoms. The molecule has 0 radical (unpaired) electrons. The Hall–Kier alpha value is -3.39. The fourth-order valence-corrected chi connectivity index (χ4v) is 4.22. The van der Waals surface area contributed by atoms with Crippen molar-refractivity contribution in [2.24, 2.45) is 4.99 Å². The highest BCUT2D eigenvalue weighted by molar-refractivity contribution is 6.05. The monoisotopic (exact) mass is 464 g/mol. The minimum atomic E-state index is -0.0286. The number of nitrogens with one attached hydrogen (secondary N) is 1. The summed E-state index contributed by atoms with van der Waals surface area (Å²) in [5, 5.41) is 12.1. The number of amides is 2. The van der Waals surface area contributed by atoms with E-state index in [1.165, 1.54) is 0 Å². The van der Waals surface area contributed by atoms with Gasteiger partial charge in [-0.1, -0.05) is 43.2 Å². The summed E-state index contributed by atoms with van der Waals surface area (Å²) < 4.78 is 5.92. The van der Waals surface area contributed by atoms with E-state index >= 15 is 0 Å². The van der Waals surface area contributed by atoms with Crippen molar-refractivity contribution in [1.29, 1.82) is 0 Å². The molecule has 2 amide bonds. The SMILES string of the molecule is O=C1CN2Cc3cc(OCCCCCCC(=O)N(CCO)Cc4ccccc4)ccc3N=C2N1. The zero-order chi connectivity index (χ0) is 23.8. The summed E-state index contributed by atoms with van der Waals surface area (Å²) in [5.74, 6) is 1.50. The van der Waals surface area contributed by atoms with Crippen LogP contribution in [-0.2, 0) is 22.7 Å². The Balaban J connectivity index is 1.13. The summed E-state index contributed by atoms with van der Waals surface area (Å²) in [4.78, 5) is 32.3. The van der Waals surface area contributed by atoms with E-state index in [2.05, 4.69) is 10.3 Å². The van der Waals surface area contributed by atoms with E-state index in [4.69, 9.17) is 4.74 Å². The smallest absolute Gasteiger partial charge is 0.246 e. The Kier molecular flexibility index (Phi) is 8.14. The van der Waals surface area contributed by atoms with Crippen molar-refractivity contribution in [1.82, 2.24) is 15.1 Å². The van der Waals surface area contributed by atoms with Crippen LogP contribution in [0.2, 0.25) is 0 Å². The average molecular weight is 465 g/mol. The second kappa shape index (κ2) is 11.7. The molecule has 8 nitrogen and oxygen atoms in total. The summed E-state index contributed by atoms with van der Waals surface area (Å²) in [6, 6.07) is 15.7. The van der Waals surface area contributed by atoms with E-state index in [1.54, 1.807) is 4.90 Å². The van der Waals surface area contributed by atoms with Gasteiger partial charge in [0.05, 0.1) is 18.9 Å². The maximum absolute atomic E-state index is 12.6. The number of hydrogen-bond acceptors (Lipinski definition) is 6. The first-order valence-electron chi connectivity index (χ1n) is 11.9. The van der Waals surface area contributed by atoms with Crippen LogP contribution in [0.15, 0.2) is 53.5 Å². The van der Waals surface area contributed by atoms with Gasteiger partial charge in [0.25, 0.3) is 0 Å². The molecule has 2 N–H and O–H groups in total. The number of nitrogens with zero attached hydrogens (tertiary/aromatic N) is 3. The highest BCUT2D eigenvalue weighted by Crippen LogP contribution is 2.30. The summed E-state index contributed by atoms with van der Waals surface area (Å²) in [5.41, 5.74) is 2.99. The first-order valence-corrected chi connectivity index (χ1v) is 11.9. The van der Waals surface area contributed by atoms with Crippen molar-refractivity contribution in [3.63, 3.8) is 0 Å². The topological polar surface area (TPSA) is 94.5 Å². The van der Waals surface area contributed by atoms with Gasteiger partial charge in [-0.25, -0.2) is 4.99 Å². The molecule has 0 spiro atoms. The van der Waals surface area contributed by atoms with Gasteiger partial charge in [-0.2, -0.15) is 0 Å². The molecular weight excluding hydrogens is 432 g/mol. The Morgan fingerprint density at radius 2 is 1.91 bits per heavy atom. The highest BCUT2D eigenvalue weighted by Gasteiger charge is 2.29. The molecule has 2 aliphatic heterocycles.